The summed E-state index contributed by atoms with van der Waals surface area (Å²) in [6, 6.07) is -3.87. The smallest absolute Gasteiger partial charge is 0.176 e. The van der Waals surface area contributed by atoms with Crippen LogP contribution in [0.25, 0.3) is 0 Å². The Hall–Kier alpha value is -0.640. The number of aliphatic hydroxyl groups is 8. The van der Waals surface area contributed by atoms with Gasteiger partial charge in [-0.3, -0.25) is 0 Å². The van der Waals surface area contributed by atoms with E-state index in [-0.39, 0.29) is 0 Å². The van der Waals surface area contributed by atoms with Crippen LogP contribution in [-0.4, -0.2) is 153 Å². The molecule has 0 bridgehead atoms. The lowest BCUT2D eigenvalue weighted by Gasteiger charge is -2.48. The summed E-state index contributed by atoms with van der Waals surface area (Å²) in [4.78, 5) is 0. The molecule has 0 aromatic heterocycles. The number of hydrogen-bond donors (Lipinski definition) is 11. The molecule has 0 aromatic carbocycles. The zero-order chi connectivity index (χ0) is 25.3. The van der Waals surface area contributed by atoms with Crippen molar-refractivity contribution < 1.29 is 64.5 Å². The standard InChI is InChI=1S/C18H35N3O13/c19-7-12(27)14(5(2-23)30-16(7)29)33-18-9(21)13(28)15(6(3-24)32-18)34-17-8(20)11(26)10(25)4(1-22)31-17/h4-18,22-29H,1-3,19-21H2/t4?,5?,6?,7?,8-,9?,10+,11?,12?,13?,14+,15+,16+,17-,18-/m0/s1. The molecule has 3 heterocycles. The Morgan fingerprint density at radius 3 is 1.44 bits per heavy atom. The van der Waals surface area contributed by atoms with Crippen LogP contribution >= 0.6 is 0 Å². The molecule has 0 aliphatic carbocycles. The summed E-state index contributed by atoms with van der Waals surface area (Å²) in [6.45, 7) is -2.00. The molecule has 3 saturated heterocycles. The normalized spacial score (nSPS) is 52.5. The van der Waals surface area contributed by atoms with E-state index in [4.69, 9.17) is 40.9 Å². The van der Waals surface area contributed by atoms with Gasteiger partial charge in [-0.25, -0.2) is 0 Å². The predicted molar refractivity (Wildman–Crippen MR) is 107 cm³/mol. The van der Waals surface area contributed by atoms with E-state index in [1.807, 2.05) is 0 Å². The highest BCUT2D eigenvalue weighted by atomic mass is 16.7. The summed E-state index contributed by atoms with van der Waals surface area (Å²) in [6.07, 6.45) is -16.8. The van der Waals surface area contributed by atoms with E-state index < -0.39 is 112 Å². The number of ether oxygens (including phenoxy) is 5. The van der Waals surface area contributed by atoms with Gasteiger partial charge < -0.3 is 81.7 Å². The first-order valence-corrected chi connectivity index (χ1v) is 10.8. The molecule has 3 rings (SSSR count). The van der Waals surface area contributed by atoms with E-state index >= 15 is 0 Å². The second-order valence-electron chi connectivity index (χ2n) is 8.59. The Labute approximate surface area is 194 Å². The molecule has 0 saturated carbocycles. The Morgan fingerprint density at radius 1 is 0.529 bits per heavy atom. The van der Waals surface area contributed by atoms with E-state index in [1.54, 1.807) is 0 Å². The molecule has 34 heavy (non-hydrogen) atoms. The van der Waals surface area contributed by atoms with Crippen LogP contribution in [0, 0.1) is 0 Å². The van der Waals surface area contributed by atoms with Crippen LogP contribution < -0.4 is 17.2 Å². The summed E-state index contributed by atoms with van der Waals surface area (Å²) in [7, 11) is 0. The molecule has 15 atom stereocenters. The Morgan fingerprint density at radius 2 is 0.941 bits per heavy atom. The fraction of sp³-hybridized carbons (Fsp3) is 1.00. The third kappa shape index (κ3) is 5.37. The van der Waals surface area contributed by atoms with Gasteiger partial charge in [0.15, 0.2) is 18.9 Å². The van der Waals surface area contributed by atoms with Gasteiger partial charge in [-0.1, -0.05) is 0 Å². The molecule has 0 aromatic rings. The van der Waals surface area contributed by atoms with Crippen molar-refractivity contribution in [3.8, 4) is 0 Å². The summed E-state index contributed by atoms with van der Waals surface area (Å²) in [5, 5.41) is 79.6. The summed E-state index contributed by atoms with van der Waals surface area (Å²) in [5.74, 6) is 0. The highest BCUT2D eigenvalue weighted by Crippen LogP contribution is 2.30. The quantitative estimate of drug-likeness (QED) is 0.154. The second-order valence-corrected chi connectivity index (χ2v) is 8.59. The minimum Gasteiger partial charge on any atom is -0.394 e. The van der Waals surface area contributed by atoms with Gasteiger partial charge in [-0.15, -0.1) is 0 Å². The van der Waals surface area contributed by atoms with Crippen LogP contribution in [0.4, 0.5) is 0 Å². The van der Waals surface area contributed by atoms with Gasteiger partial charge in [0, 0.05) is 0 Å². The van der Waals surface area contributed by atoms with Crippen molar-refractivity contribution in [2.24, 2.45) is 17.2 Å². The van der Waals surface area contributed by atoms with E-state index in [1.165, 1.54) is 0 Å². The van der Waals surface area contributed by atoms with E-state index in [0.29, 0.717) is 0 Å². The molecule has 0 amide bonds. The van der Waals surface area contributed by atoms with Crippen LogP contribution in [-0.2, 0) is 23.7 Å². The summed E-state index contributed by atoms with van der Waals surface area (Å²) < 4.78 is 27.4. The Kier molecular flexibility index (Phi) is 9.54. The summed E-state index contributed by atoms with van der Waals surface area (Å²) in [5.41, 5.74) is 17.6. The molecular weight excluding hydrogens is 466 g/mol. The molecule has 8 unspecified atom stereocenters. The van der Waals surface area contributed by atoms with Crippen LogP contribution in [0.3, 0.4) is 0 Å². The Balaban J connectivity index is 1.72. The van der Waals surface area contributed by atoms with Gasteiger partial charge in [0.05, 0.1) is 37.9 Å². The highest BCUT2D eigenvalue weighted by Gasteiger charge is 2.52. The van der Waals surface area contributed by atoms with Crippen molar-refractivity contribution in [1.29, 1.82) is 0 Å². The molecule has 16 nitrogen and oxygen atoms in total. The largest absolute Gasteiger partial charge is 0.394 e. The van der Waals surface area contributed by atoms with Gasteiger partial charge in [0.25, 0.3) is 0 Å². The minimum absolute atomic E-state index is 0.651. The molecule has 14 N–H and O–H groups in total. The first kappa shape index (κ1) is 27.9. The number of nitrogens with two attached hydrogens (primary N) is 3. The van der Waals surface area contributed by atoms with E-state index in [0.717, 1.165) is 0 Å². The molecule has 0 radical (unpaired) electrons. The van der Waals surface area contributed by atoms with Gasteiger partial charge in [0.2, 0.25) is 0 Å². The number of aliphatic hydroxyl groups excluding tert-OH is 8. The zero-order valence-corrected chi connectivity index (χ0v) is 18.1. The topological polar surface area (TPSA) is 286 Å². The minimum atomic E-state index is -1.56. The monoisotopic (exact) mass is 501 g/mol. The van der Waals surface area contributed by atoms with Crippen molar-refractivity contribution in [3.63, 3.8) is 0 Å². The second kappa shape index (κ2) is 11.6. The maximum absolute atomic E-state index is 10.8. The molecule has 3 aliphatic rings. The molecule has 16 heteroatoms. The van der Waals surface area contributed by atoms with E-state index in [9.17, 15) is 40.9 Å². The molecule has 200 valence electrons. The van der Waals surface area contributed by atoms with Crippen molar-refractivity contribution >= 4 is 0 Å². The molecular formula is C18H35N3O13. The Bertz CT molecular complexity index is 646. The third-order valence-electron chi connectivity index (χ3n) is 6.33. The van der Waals surface area contributed by atoms with Crippen molar-refractivity contribution in [2.75, 3.05) is 19.8 Å². The van der Waals surface area contributed by atoms with Gasteiger partial charge in [0.1, 0.15) is 54.9 Å². The van der Waals surface area contributed by atoms with Gasteiger partial charge in [-0.05, 0) is 0 Å². The third-order valence-corrected chi connectivity index (χ3v) is 6.33. The lowest BCUT2D eigenvalue weighted by molar-refractivity contribution is -0.348. The maximum Gasteiger partial charge on any atom is 0.176 e. The number of hydrogen-bond acceptors (Lipinski definition) is 16. The SMILES string of the molecule is NC1C(O)[C@H](O[C@@H]2OC(CO)[C@@H](O)C(O)[C@@H]2N)C(CO)O[C@H]1O[C@@H]1C(CO)O[C@@H](O)C(N)C1O. The predicted octanol–water partition coefficient (Wildman–Crippen LogP) is -7.67. The molecule has 0 spiro atoms. The number of rotatable bonds is 7. The van der Waals surface area contributed by atoms with Crippen LogP contribution in [0.1, 0.15) is 0 Å². The molecule has 3 aliphatic heterocycles. The van der Waals surface area contributed by atoms with Crippen LogP contribution in [0.15, 0.2) is 0 Å². The van der Waals surface area contributed by atoms with Crippen molar-refractivity contribution in [1.82, 2.24) is 0 Å². The fourth-order valence-corrected chi connectivity index (χ4v) is 4.18. The highest BCUT2D eigenvalue weighted by molar-refractivity contribution is 4.98. The first-order valence-electron chi connectivity index (χ1n) is 10.8. The average Bonchev–Trinajstić information content (AvgIpc) is 2.83. The average molecular weight is 501 g/mol. The lowest BCUT2D eigenvalue weighted by atomic mass is 9.94. The van der Waals surface area contributed by atoms with Gasteiger partial charge in [-0.2, -0.15) is 0 Å². The van der Waals surface area contributed by atoms with Crippen molar-refractivity contribution in [2.45, 2.75) is 91.9 Å². The van der Waals surface area contributed by atoms with Crippen LogP contribution in [0.5, 0.6) is 0 Å². The first-order chi connectivity index (χ1) is 16.0. The van der Waals surface area contributed by atoms with Gasteiger partial charge >= 0.3 is 0 Å². The zero-order valence-electron chi connectivity index (χ0n) is 18.1. The van der Waals surface area contributed by atoms with E-state index in [2.05, 4.69) is 0 Å². The molecule has 3 fully saturated rings. The maximum atomic E-state index is 10.8. The lowest BCUT2D eigenvalue weighted by Crippen LogP contribution is -2.69. The fourth-order valence-electron chi connectivity index (χ4n) is 4.18. The summed E-state index contributed by atoms with van der Waals surface area (Å²) >= 11 is 0. The van der Waals surface area contributed by atoms with Crippen molar-refractivity contribution in [3.05, 3.63) is 0 Å². The van der Waals surface area contributed by atoms with Crippen LogP contribution in [0.2, 0.25) is 0 Å².